The number of aryl methyl sites for hydroxylation is 1. The van der Waals surface area contributed by atoms with Gasteiger partial charge in [0.25, 0.3) is 10.1 Å². The predicted molar refractivity (Wildman–Crippen MR) is 53.8 cm³/mol. The van der Waals surface area contributed by atoms with Crippen LogP contribution in [-0.4, -0.2) is 29.9 Å². The summed E-state index contributed by atoms with van der Waals surface area (Å²) in [6.07, 6.45) is 2.40. The number of hydrogen-bond donors (Lipinski definition) is 2. The largest absolute Gasteiger partial charge is 0.385 e. The maximum Gasteiger partial charge on any atom is 0.267 e. The highest BCUT2D eigenvalue weighted by Crippen LogP contribution is 1.93. The molecule has 0 amide bonds. The molecule has 0 fully saturated rings. The summed E-state index contributed by atoms with van der Waals surface area (Å²) in [6, 6.07) is 3.70. The van der Waals surface area contributed by atoms with Crippen LogP contribution in [0.4, 0.5) is 0 Å². The van der Waals surface area contributed by atoms with Crippen molar-refractivity contribution < 1.29 is 22.6 Å². The molecule has 1 heterocycles. The van der Waals surface area contributed by atoms with E-state index in [1.807, 2.05) is 13.0 Å². The number of hydrogen-bond acceptors (Lipinski definition) is 3. The van der Waals surface area contributed by atoms with Gasteiger partial charge in [-0.3, -0.25) is 4.55 Å². The van der Waals surface area contributed by atoms with Gasteiger partial charge in [0.1, 0.15) is 11.9 Å². The van der Waals surface area contributed by atoms with Gasteiger partial charge in [-0.05, 0) is 13.0 Å². The highest BCUT2D eigenvalue weighted by atomic mass is 32.2. The van der Waals surface area contributed by atoms with Gasteiger partial charge in [0.05, 0.1) is 0 Å². The van der Waals surface area contributed by atoms with Crippen molar-refractivity contribution in [2.75, 3.05) is 5.75 Å². The summed E-state index contributed by atoms with van der Waals surface area (Å²) < 4.78 is 31.2. The van der Waals surface area contributed by atoms with Crippen molar-refractivity contribution in [2.45, 2.75) is 19.6 Å². The summed E-state index contributed by atoms with van der Waals surface area (Å²) >= 11 is 0. The minimum Gasteiger partial charge on any atom is -0.385 e. The van der Waals surface area contributed by atoms with Gasteiger partial charge in [0.15, 0.2) is 18.9 Å². The normalized spacial score (nSPS) is 13.8. The van der Waals surface area contributed by atoms with Gasteiger partial charge in [0.2, 0.25) is 0 Å². The van der Waals surface area contributed by atoms with E-state index in [1.165, 1.54) is 0 Å². The van der Waals surface area contributed by atoms with E-state index in [1.54, 1.807) is 23.0 Å². The van der Waals surface area contributed by atoms with E-state index in [2.05, 4.69) is 0 Å². The number of aromatic nitrogens is 1. The first-order valence-electron chi connectivity index (χ1n) is 4.46. The Morgan fingerprint density at radius 3 is 2.73 bits per heavy atom. The average molecular weight is 232 g/mol. The van der Waals surface area contributed by atoms with Crippen LogP contribution in [0.5, 0.6) is 0 Å². The van der Waals surface area contributed by atoms with E-state index in [4.69, 9.17) is 4.55 Å². The second-order valence-corrected chi connectivity index (χ2v) is 4.98. The molecule has 0 spiro atoms. The van der Waals surface area contributed by atoms with Crippen LogP contribution in [-0.2, 0) is 16.7 Å². The summed E-state index contributed by atoms with van der Waals surface area (Å²) in [5, 5.41) is 9.37. The lowest BCUT2D eigenvalue weighted by atomic mass is 10.3. The Morgan fingerprint density at radius 1 is 1.53 bits per heavy atom. The van der Waals surface area contributed by atoms with Crippen LogP contribution >= 0.6 is 0 Å². The monoisotopic (exact) mass is 232 g/mol. The van der Waals surface area contributed by atoms with Gasteiger partial charge < -0.3 is 5.11 Å². The summed E-state index contributed by atoms with van der Waals surface area (Å²) in [7, 11) is -4.12. The number of aliphatic hydroxyl groups is 1. The Labute approximate surface area is 88.7 Å². The first kappa shape index (κ1) is 12.1. The SMILES string of the molecule is Cc1ccc[n+](CC(O)CS(=O)(=O)O)c1. The molecule has 0 radical (unpaired) electrons. The smallest absolute Gasteiger partial charge is 0.267 e. The minimum absolute atomic E-state index is 0.140. The molecule has 0 bridgehead atoms. The van der Waals surface area contributed by atoms with Crippen LogP contribution in [0.25, 0.3) is 0 Å². The van der Waals surface area contributed by atoms with Crippen molar-refractivity contribution >= 4 is 10.1 Å². The van der Waals surface area contributed by atoms with Gasteiger partial charge >= 0.3 is 0 Å². The van der Waals surface area contributed by atoms with Gasteiger partial charge in [-0.1, -0.05) is 0 Å². The first-order valence-corrected chi connectivity index (χ1v) is 6.07. The van der Waals surface area contributed by atoms with Crippen LogP contribution in [0.3, 0.4) is 0 Å². The van der Waals surface area contributed by atoms with E-state index in [9.17, 15) is 13.5 Å². The van der Waals surface area contributed by atoms with Crippen molar-refractivity contribution in [3.05, 3.63) is 30.1 Å². The zero-order chi connectivity index (χ0) is 11.5. The molecule has 0 aromatic carbocycles. The quantitative estimate of drug-likeness (QED) is 0.543. The highest BCUT2D eigenvalue weighted by Gasteiger charge is 2.18. The number of nitrogens with zero attached hydrogens (tertiary/aromatic N) is 1. The maximum absolute atomic E-state index is 10.5. The van der Waals surface area contributed by atoms with E-state index in [0.29, 0.717) is 0 Å². The van der Waals surface area contributed by atoms with Crippen LogP contribution in [0.15, 0.2) is 24.5 Å². The van der Waals surface area contributed by atoms with Gasteiger partial charge in [-0.2, -0.15) is 8.42 Å². The zero-order valence-corrected chi connectivity index (χ0v) is 9.18. The van der Waals surface area contributed by atoms with Crippen molar-refractivity contribution in [3.63, 3.8) is 0 Å². The van der Waals surface area contributed by atoms with Crippen molar-refractivity contribution in [2.24, 2.45) is 0 Å². The first-order chi connectivity index (χ1) is 6.87. The molecule has 1 atom stereocenters. The topological polar surface area (TPSA) is 78.5 Å². The second kappa shape index (κ2) is 4.69. The van der Waals surface area contributed by atoms with Crippen LogP contribution in [0.2, 0.25) is 0 Å². The molecule has 15 heavy (non-hydrogen) atoms. The van der Waals surface area contributed by atoms with E-state index >= 15 is 0 Å². The lowest BCUT2D eigenvalue weighted by Gasteiger charge is -2.04. The molecule has 5 nitrogen and oxygen atoms in total. The van der Waals surface area contributed by atoms with Gasteiger partial charge in [-0.25, -0.2) is 4.57 Å². The Balaban J connectivity index is 2.63. The number of pyridine rings is 1. The predicted octanol–water partition coefficient (Wildman–Crippen LogP) is -0.469. The molecule has 0 aliphatic rings. The van der Waals surface area contributed by atoms with E-state index in [-0.39, 0.29) is 6.54 Å². The van der Waals surface area contributed by atoms with Crippen LogP contribution < -0.4 is 4.57 Å². The molecule has 1 rings (SSSR count). The fourth-order valence-corrected chi connectivity index (χ4v) is 1.90. The van der Waals surface area contributed by atoms with Gasteiger partial charge in [-0.15, -0.1) is 0 Å². The Bertz CT molecular complexity index is 429. The van der Waals surface area contributed by atoms with Crippen molar-refractivity contribution in [1.82, 2.24) is 0 Å². The fourth-order valence-electron chi connectivity index (χ4n) is 1.31. The molecular formula is C9H14NO4S+. The molecule has 1 aromatic heterocycles. The third-order valence-electron chi connectivity index (χ3n) is 1.83. The third kappa shape index (κ3) is 4.87. The fraction of sp³-hybridized carbons (Fsp3) is 0.444. The summed E-state index contributed by atoms with van der Waals surface area (Å²) in [4.78, 5) is 0. The summed E-state index contributed by atoms with van der Waals surface area (Å²) in [5.74, 6) is -0.645. The molecule has 1 unspecified atom stereocenters. The molecule has 0 aliphatic heterocycles. The molecular weight excluding hydrogens is 218 g/mol. The van der Waals surface area contributed by atoms with E-state index < -0.39 is 22.0 Å². The highest BCUT2D eigenvalue weighted by molar-refractivity contribution is 7.85. The molecule has 0 saturated heterocycles. The third-order valence-corrected chi connectivity index (χ3v) is 2.64. The molecule has 2 N–H and O–H groups in total. The number of rotatable bonds is 4. The standard InChI is InChI=1S/C9H13NO4S/c1-8-3-2-4-10(5-8)6-9(11)7-15(12,13)14/h2-5,9,11H,6-7H2,1H3/p+1. The average Bonchev–Trinajstić information content (AvgIpc) is 1.99. The van der Waals surface area contributed by atoms with Crippen molar-refractivity contribution in [1.29, 1.82) is 0 Å². The molecule has 84 valence electrons. The molecule has 6 heteroatoms. The number of aliphatic hydroxyl groups excluding tert-OH is 1. The minimum atomic E-state index is -4.12. The summed E-state index contributed by atoms with van der Waals surface area (Å²) in [6.45, 7) is 2.03. The Kier molecular flexibility index (Phi) is 3.78. The van der Waals surface area contributed by atoms with Crippen LogP contribution in [0.1, 0.15) is 5.56 Å². The van der Waals surface area contributed by atoms with Gasteiger partial charge in [0, 0.05) is 11.6 Å². The molecule has 0 saturated carbocycles. The maximum atomic E-state index is 10.5. The molecule has 1 aromatic rings. The Morgan fingerprint density at radius 2 is 2.20 bits per heavy atom. The lowest BCUT2D eigenvalue weighted by molar-refractivity contribution is -0.703. The van der Waals surface area contributed by atoms with Crippen LogP contribution in [0, 0.1) is 6.92 Å². The molecule has 0 aliphatic carbocycles. The second-order valence-electron chi connectivity index (χ2n) is 3.48. The Hall–Kier alpha value is -0.980. The zero-order valence-electron chi connectivity index (χ0n) is 8.37. The van der Waals surface area contributed by atoms with Crippen molar-refractivity contribution in [3.8, 4) is 0 Å². The lowest BCUT2D eigenvalue weighted by Crippen LogP contribution is -2.41. The summed E-state index contributed by atoms with van der Waals surface area (Å²) in [5.41, 5.74) is 1.01. The van der Waals surface area contributed by atoms with E-state index in [0.717, 1.165) is 5.56 Å².